The van der Waals surface area contributed by atoms with Crippen molar-refractivity contribution in [3.05, 3.63) is 140 Å². The summed E-state index contributed by atoms with van der Waals surface area (Å²) in [5.41, 5.74) is 11.9. The number of hydrogen-bond acceptors (Lipinski definition) is 8. The van der Waals surface area contributed by atoms with Crippen molar-refractivity contribution in [1.29, 1.82) is 0 Å². The summed E-state index contributed by atoms with van der Waals surface area (Å²) in [5.74, 6) is -1.65. The van der Waals surface area contributed by atoms with E-state index in [0.29, 0.717) is 22.3 Å². The number of hydrogen-bond donors (Lipinski definition) is 3. The van der Waals surface area contributed by atoms with Crippen LogP contribution in [0.25, 0.3) is 0 Å². The van der Waals surface area contributed by atoms with Crippen molar-refractivity contribution in [3.63, 3.8) is 0 Å². The van der Waals surface area contributed by atoms with E-state index in [1.165, 1.54) is 33.4 Å². The van der Waals surface area contributed by atoms with Crippen molar-refractivity contribution >= 4 is 30.8 Å². The maximum Gasteiger partial charge on any atom is 0.376 e. The van der Waals surface area contributed by atoms with Gasteiger partial charge >= 0.3 is 19.0 Å². The molecular weight excluding hydrogens is 593 g/mol. The normalized spacial score (nSPS) is 15.0. The molecule has 0 saturated carbocycles. The fourth-order valence-electron chi connectivity index (χ4n) is 6.07. The van der Waals surface area contributed by atoms with Crippen molar-refractivity contribution in [2.45, 2.75) is 60.7 Å². The Morgan fingerprint density at radius 2 is 1.21 bits per heavy atom. The van der Waals surface area contributed by atoms with E-state index < -0.39 is 11.9 Å². The molecule has 0 spiro atoms. The third-order valence-corrected chi connectivity index (χ3v) is 8.75. The zero-order valence-corrected chi connectivity index (χ0v) is 27.3. The summed E-state index contributed by atoms with van der Waals surface area (Å²) in [5, 5.41) is 15.0. The zero-order valence-electron chi connectivity index (χ0n) is 27.3. The molecule has 0 saturated heterocycles. The lowest BCUT2D eigenvalue weighted by Gasteiger charge is -2.14. The number of carbonyl (C=O) groups is 4. The van der Waals surface area contributed by atoms with Gasteiger partial charge < -0.3 is 19.9 Å². The number of fused-ring (bicyclic) bond motifs is 4. The standard InChI is InChI=1S/C10H14BNO.C9H7NO2.C9H11N.C9H6O3/c1-8-4-3-5-9-6-12(11(2)13)7-10(8)9;1-5-3-2-4-6-7(5)9(12)10-8(6)11;1-7-3-2-4-8-5-10-6-9(7)8;1-5-3-2-4-6-7(5)9(11)12-8(6)10/h3-5,13H,6-7H2,1-2H3;2-4H,1H3,(H,10,11,12);2-4,10H,5-6H2,1H3;2-4H,1H3. The number of aryl methyl sites for hydroxylation is 4. The van der Waals surface area contributed by atoms with Crippen LogP contribution in [0.1, 0.15) is 85.9 Å². The fourth-order valence-corrected chi connectivity index (χ4v) is 6.07. The van der Waals surface area contributed by atoms with E-state index in [1.54, 1.807) is 37.3 Å². The van der Waals surface area contributed by atoms with Crippen LogP contribution >= 0.6 is 0 Å². The molecule has 0 aliphatic carbocycles. The van der Waals surface area contributed by atoms with Crippen molar-refractivity contribution in [2.75, 3.05) is 0 Å². The average molecular weight is 632 g/mol. The van der Waals surface area contributed by atoms with E-state index in [2.05, 4.69) is 70.4 Å². The maximum atomic E-state index is 11.2. The minimum absolute atomic E-state index is 0.284. The first-order valence-electron chi connectivity index (χ1n) is 15.5. The van der Waals surface area contributed by atoms with E-state index in [1.807, 2.05) is 19.8 Å². The van der Waals surface area contributed by atoms with Gasteiger partial charge in [0.2, 0.25) is 0 Å². The first-order chi connectivity index (χ1) is 22.5. The van der Waals surface area contributed by atoms with Crippen LogP contribution < -0.4 is 10.6 Å². The molecule has 0 atom stereocenters. The molecule has 10 heteroatoms. The molecule has 4 aliphatic rings. The minimum atomic E-state index is -0.543. The summed E-state index contributed by atoms with van der Waals surface area (Å²) in [6.45, 7) is 13.6. The second kappa shape index (κ2) is 14.3. The summed E-state index contributed by atoms with van der Waals surface area (Å²) in [6.07, 6.45) is 0. The van der Waals surface area contributed by atoms with E-state index >= 15 is 0 Å². The third-order valence-electron chi connectivity index (χ3n) is 8.75. The van der Waals surface area contributed by atoms with E-state index in [9.17, 15) is 24.2 Å². The Hall–Kier alpha value is -4.90. The van der Waals surface area contributed by atoms with Gasteiger partial charge in [-0.2, -0.15) is 0 Å². The second-order valence-electron chi connectivity index (χ2n) is 12.0. The Labute approximate surface area is 275 Å². The van der Waals surface area contributed by atoms with Crippen LogP contribution in [-0.2, 0) is 30.9 Å². The lowest BCUT2D eigenvalue weighted by Crippen LogP contribution is -2.31. The lowest BCUT2D eigenvalue weighted by atomic mass is 9.86. The number of esters is 2. The second-order valence-corrected chi connectivity index (χ2v) is 12.0. The van der Waals surface area contributed by atoms with Gasteiger partial charge in [0.15, 0.2) is 0 Å². The lowest BCUT2D eigenvalue weighted by molar-refractivity contribution is 0.0443. The Kier molecular flexibility index (Phi) is 10.1. The quantitative estimate of drug-likeness (QED) is 0.113. The predicted octanol–water partition coefficient (Wildman–Crippen LogP) is 5.20. The molecule has 4 aliphatic heterocycles. The smallest absolute Gasteiger partial charge is 0.376 e. The van der Waals surface area contributed by atoms with Crippen LogP contribution in [0.4, 0.5) is 0 Å². The van der Waals surface area contributed by atoms with Crippen LogP contribution in [0.15, 0.2) is 72.8 Å². The summed E-state index contributed by atoms with van der Waals surface area (Å²) >= 11 is 0. The van der Waals surface area contributed by atoms with Crippen molar-refractivity contribution in [2.24, 2.45) is 0 Å². The molecule has 3 N–H and O–H groups in total. The van der Waals surface area contributed by atoms with Crippen molar-refractivity contribution in [3.8, 4) is 0 Å². The minimum Gasteiger partial charge on any atom is -0.437 e. The monoisotopic (exact) mass is 631 g/mol. The number of carbonyl (C=O) groups excluding carboxylic acids is 4. The van der Waals surface area contributed by atoms with Crippen LogP contribution in [0.3, 0.4) is 0 Å². The molecule has 240 valence electrons. The maximum absolute atomic E-state index is 11.2. The Bertz CT molecular complexity index is 1810. The largest absolute Gasteiger partial charge is 0.437 e. The summed E-state index contributed by atoms with van der Waals surface area (Å²) < 4.78 is 4.43. The fraction of sp³-hybridized carbons (Fsp3) is 0.243. The number of nitrogens with one attached hydrogen (secondary N) is 2. The Morgan fingerprint density at radius 1 is 0.638 bits per heavy atom. The van der Waals surface area contributed by atoms with Crippen LogP contribution in [0.2, 0.25) is 6.82 Å². The van der Waals surface area contributed by atoms with Gasteiger partial charge in [-0.25, -0.2) is 9.59 Å². The van der Waals surface area contributed by atoms with Crippen molar-refractivity contribution < 1.29 is 28.9 Å². The number of amides is 2. The first kappa shape index (κ1) is 33.5. The van der Waals surface area contributed by atoms with Gasteiger partial charge in [0.1, 0.15) is 0 Å². The van der Waals surface area contributed by atoms with Gasteiger partial charge in [-0.3, -0.25) is 14.9 Å². The highest BCUT2D eigenvalue weighted by atomic mass is 16.6. The molecule has 0 bridgehead atoms. The van der Waals surface area contributed by atoms with Gasteiger partial charge in [0.25, 0.3) is 11.8 Å². The van der Waals surface area contributed by atoms with Gasteiger partial charge in [-0.1, -0.05) is 60.7 Å². The molecule has 4 aromatic rings. The van der Waals surface area contributed by atoms with Gasteiger partial charge in [0.05, 0.1) is 22.3 Å². The van der Waals surface area contributed by atoms with Crippen LogP contribution in [-0.4, -0.2) is 40.6 Å². The molecule has 4 heterocycles. The average Bonchev–Trinajstić information content (AvgIpc) is 3.81. The Balaban J connectivity index is 0.000000123. The highest BCUT2D eigenvalue weighted by molar-refractivity contribution is 6.45. The zero-order chi connectivity index (χ0) is 33.8. The molecule has 47 heavy (non-hydrogen) atoms. The highest BCUT2D eigenvalue weighted by Gasteiger charge is 2.30. The van der Waals surface area contributed by atoms with E-state index in [0.717, 1.165) is 37.3 Å². The molecule has 0 unspecified atom stereocenters. The van der Waals surface area contributed by atoms with Crippen molar-refractivity contribution in [1.82, 2.24) is 15.4 Å². The molecule has 4 aromatic carbocycles. The molecule has 0 aromatic heterocycles. The Morgan fingerprint density at radius 3 is 1.81 bits per heavy atom. The molecular formula is C37H38BN3O6. The van der Waals surface area contributed by atoms with E-state index in [-0.39, 0.29) is 18.9 Å². The van der Waals surface area contributed by atoms with Gasteiger partial charge in [-0.05, 0) is 91.2 Å². The predicted molar refractivity (Wildman–Crippen MR) is 180 cm³/mol. The van der Waals surface area contributed by atoms with Crippen LogP contribution in [0.5, 0.6) is 0 Å². The van der Waals surface area contributed by atoms with Crippen LogP contribution in [0, 0.1) is 27.7 Å². The SMILES string of the molecule is CB(O)N1Cc2cccc(C)c2C1.Cc1cccc2c1C(=O)NC2=O.Cc1cccc2c1C(=O)OC2=O.Cc1cccc2c1CNC2. The molecule has 0 radical (unpaired) electrons. The third kappa shape index (κ3) is 7.25. The van der Waals surface area contributed by atoms with Gasteiger partial charge in [-0.15, -0.1) is 0 Å². The number of rotatable bonds is 1. The number of cyclic esters (lactones) is 2. The number of nitrogens with zero attached hydrogens (tertiary/aromatic N) is 1. The van der Waals surface area contributed by atoms with E-state index in [4.69, 9.17) is 0 Å². The number of ether oxygens (including phenoxy) is 1. The topological polar surface area (TPSA) is 125 Å². The molecule has 0 fully saturated rings. The molecule has 9 nitrogen and oxygen atoms in total. The van der Waals surface area contributed by atoms with Gasteiger partial charge in [0, 0.05) is 26.2 Å². The first-order valence-corrected chi connectivity index (χ1v) is 15.5. The number of benzene rings is 4. The molecule has 8 rings (SSSR count). The highest BCUT2D eigenvalue weighted by Crippen LogP contribution is 2.26. The number of imide groups is 1. The summed E-state index contributed by atoms with van der Waals surface area (Å²) in [7, 11) is -0.341. The summed E-state index contributed by atoms with van der Waals surface area (Å²) in [4.78, 5) is 46.4. The summed E-state index contributed by atoms with van der Waals surface area (Å²) in [6, 6.07) is 23.2. The molecule has 2 amide bonds.